The van der Waals surface area contributed by atoms with E-state index in [1.165, 1.54) is 11.0 Å². The molecule has 35 heavy (non-hydrogen) atoms. The van der Waals surface area contributed by atoms with Gasteiger partial charge < -0.3 is 14.2 Å². The molecule has 1 aliphatic rings. The highest BCUT2D eigenvalue weighted by molar-refractivity contribution is 14.1. The summed E-state index contributed by atoms with van der Waals surface area (Å²) < 4.78 is 16.9. The smallest absolute Gasteiger partial charge is 0.344 e. The molecule has 0 spiro atoms. The van der Waals surface area contributed by atoms with E-state index in [1.54, 1.807) is 31.2 Å². The molecule has 10 heteroatoms. The van der Waals surface area contributed by atoms with E-state index >= 15 is 0 Å². The van der Waals surface area contributed by atoms with Crippen LogP contribution in [0.25, 0.3) is 6.08 Å². The maximum absolute atomic E-state index is 13.3. The average Bonchev–Trinajstić information content (AvgIpc) is 2.82. The number of benzene rings is 2. The van der Waals surface area contributed by atoms with Crippen molar-refractivity contribution in [1.82, 2.24) is 5.32 Å². The summed E-state index contributed by atoms with van der Waals surface area (Å²) in [5.41, 5.74) is 2.16. The first-order valence-corrected chi connectivity index (χ1v) is 12.5. The third-order valence-corrected chi connectivity index (χ3v) is 6.07. The van der Waals surface area contributed by atoms with Crippen molar-refractivity contribution in [3.05, 3.63) is 56.7 Å². The molecule has 8 nitrogen and oxygen atoms in total. The summed E-state index contributed by atoms with van der Waals surface area (Å²) in [6, 6.07) is 10.8. The first-order chi connectivity index (χ1) is 16.8. The zero-order valence-corrected chi connectivity index (χ0v) is 22.5. The van der Waals surface area contributed by atoms with Crippen molar-refractivity contribution >= 4 is 69.5 Å². The topological polar surface area (TPSA) is 94.2 Å². The molecule has 2 amide bonds. The van der Waals surface area contributed by atoms with Gasteiger partial charge in [-0.25, -0.2) is 4.79 Å². The lowest BCUT2D eigenvalue weighted by atomic mass is 10.1. The Morgan fingerprint density at radius 2 is 1.80 bits per heavy atom. The molecule has 2 aromatic carbocycles. The standard InChI is InChI=1S/C25H25IN2O6S/c1-4-15-7-9-17(10-8-15)28-24(31)18(23(30)27-25(28)35)11-16-12-19(26)22(20(13-16)32-5-2)34-14-21(29)33-6-3/h7-13H,4-6,14H2,1-3H3,(H,27,30,35)/b18-11+. The molecule has 1 saturated heterocycles. The minimum Gasteiger partial charge on any atom is -0.490 e. The molecule has 0 unspecified atom stereocenters. The predicted molar refractivity (Wildman–Crippen MR) is 144 cm³/mol. The number of amides is 2. The number of carbonyl (C=O) groups excluding carboxylic acids is 3. The molecule has 0 aliphatic carbocycles. The molecule has 0 saturated carbocycles. The normalized spacial score (nSPS) is 14.7. The largest absolute Gasteiger partial charge is 0.490 e. The van der Waals surface area contributed by atoms with Crippen LogP contribution in [0.3, 0.4) is 0 Å². The zero-order valence-electron chi connectivity index (χ0n) is 19.6. The predicted octanol–water partition coefficient (Wildman–Crippen LogP) is 4.03. The quantitative estimate of drug-likeness (QED) is 0.151. The van der Waals surface area contributed by atoms with Gasteiger partial charge in [-0.1, -0.05) is 19.1 Å². The molecule has 1 fully saturated rings. The van der Waals surface area contributed by atoms with Gasteiger partial charge in [0.25, 0.3) is 11.8 Å². The Bertz CT molecular complexity index is 1180. The summed E-state index contributed by atoms with van der Waals surface area (Å²) in [6.07, 6.45) is 2.34. The second-order valence-electron chi connectivity index (χ2n) is 7.33. The monoisotopic (exact) mass is 608 g/mol. The maximum atomic E-state index is 13.3. The van der Waals surface area contributed by atoms with Gasteiger partial charge in [0.2, 0.25) is 0 Å². The number of hydrogen-bond donors (Lipinski definition) is 1. The summed E-state index contributed by atoms with van der Waals surface area (Å²) in [5.74, 6) is -0.859. The average molecular weight is 608 g/mol. The van der Waals surface area contributed by atoms with Crippen LogP contribution in [0.4, 0.5) is 5.69 Å². The number of anilines is 1. The molecule has 0 bridgehead atoms. The number of rotatable bonds is 9. The molecule has 0 aromatic heterocycles. The molecule has 184 valence electrons. The summed E-state index contributed by atoms with van der Waals surface area (Å²) in [7, 11) is 0. The number of nitrogens with one attached hydrogen (secondary N) is 1. The molecule has 1 N–H and O–H groups in total. The lowest BCUT2D eigenvalue weighted by molar-refractivity contribution is -0.145. The van der Waals surface area contributed by atoms with Crippen molar-refractivity contribution in [2.75, 3.05) is 24.7 Å². The number of thiocarbonyl (C=S) groups is 1. The van der Waals surface area contributed by atoms with E-state index in [2.05, 4.69) is 5.32 Å². The van der Waals surface area contributed by atoms with Crippen LogP contribution in [0, 0.1) is 3.57 Å². The van der Waals surface area contributed by atoms with Gasteiger partial charge in [0, 0.05) is 0 Å². The molecule has 0 atom stereocenters. The number of esters is 1. The Hall–Kier alpha value is -2.99. The molecular weight excluding hydrogens is 583 g/mol. The molecule has 2 aromatic rings. The van der Waals surface area contributed by atoms with Crippen molar-refractivity contribution in [3.8, 4) is 11.5 Å². The van der Waals surface area contributed by atoms with Gasteiger partial charge in [-0.2, -0.15) is 0 Å². The van der Waals surface area contributed by atoms with Crippen LogP contribution in [0.1, 0.15) is 31.9 Å². The first-order valence-electron chi connectivity index (χ1n) is 11.0. The van der Waals surface area contributed by atoms with Gasteiger partial charge in [-0.15, -0.1) is 0 Å². The number of aryl methyl sites for hydroxylation is 1. The second kappa shape index (κ2) is 12.1. The number of halogens is 1. The second-order valence-corrected chi connectivity index (χ2v) is 8.88. The van der Waals surface area contributed by atoms with E-state index in [0.717, 1.165) is 12.0 Å². The molecular formula is C25H25IN2O6S. The number of carbonyl (C=O) groups is 3. The first kappa shape index (κ1) is 26.6. The number of nitrogens with zero attached hydrogens (tertiary/aromatic N) is 1. The van der Waals surface area contributed by atoms with Crippen molar-refractivity contribution in [2.24, 2.45) is 0 Å². The van der Waals surface area contributed by atoms with Crippen molar-refractivity contribution in [2.45, 2.75) is 27.2 Å². The Labute approximate surface area is 222 Å². The van der Waals surface area contributed by atoms with E-state index in [1.807, 2.05) is 48.6 Å². The van der Waals surface area contributed by atoms with Crippen LogP contribution in [-0.4, -0.2) is 42.7 Å². The Morgan fingerprint density at radius 1 is 1.09 bits per heavy atom. The van der Waals surface area contributed by atoms with Crippen LogP contribution >= 0.6 is 34.8 Å². The molecule has 0 radical (unpaired) electrons. The fourth-order valence-electron chi connectivity index (χ4n) is 3.35. The van der Waals surface area contributed by atoms with Crippen molar-refractivity contribution in [1.29, 1.82) is 0 Å². The summed E-state index contributed by atoms with van der Waals surface area (Å²) in [5, 5.41) is 2.61. The van der Waals surface area contributed by atoms with Crippen LogP contribution in [0.15, 0.2) is 42.0 Å². The number of hydrogen-bond acceptors (Lipinski definition) is 7. The fourth-order valence-corrected chi connectivity index (χ4v) is 4.41. The van der Waals surface area contributed by atoms with Gasteiger partial charge in [0.1, 0.15) is 5.57 Å². The minimum atomic E-state index is -0.586. The van der Waals surface area contributed by atoms with Gasteiger partial charge in [-0.3, -0.25) is 19.8 Å². The SMILES string of the molecule is CCOC(=O)COc1c(I)cc(/C=C2\C(=O)NC(=S)N(c3ccc(CC)cc3)C2=O)cc1OCC. The van der Waals surface area contributed by atoms with E-state index in [0.29, 0.717) is 32.9 Å². The summed E-state index contributed by atoms with van der Waals surface area (Å²) in [6.45, 7) is 5.90. The lowest BCUT2D eigenvalue weighted by Gasteiger charge is -2.29. The fraction of sp³-hybridized carbons (Fsp3) is 0.280. The van der Waals surface area contributed by atoms with Crippen molar-refractivity contribution in [3.63, 3.8) is 0 Å². The van der Waals surface area contributed by atoms with Crippen LogP contribution in [-0.2, 0) is 25.5 Å². The Morgan fingerprint density at radius 3 is 2.43 bits per heavy atom. The summed E-state index contributed by atoms with van der Waals surface area (Å²) >= 11 is 7.32. The number of ether oxygens (including phenoxy) is 3. The van der Waals surface area contributed by atoms with Gasteiger partial charge >= 0.3 is 5.97 Å². The van der Waals surface area contributed by atoms with Crippen LogP contribution < -0.4 is 19.7 Å². The van der Waals surface area contributed by atoms with E-state index in [4.69, 9.17) is 26.4 Å². The van der Waals surface area contributed by atoms with Crippen LogP contribution in [0.2, 0.25) is 0 Å². The summed E-state index contributed by atoms with van der Waals surface area (Å²) in [4.78, 5) is 39.0. The molecule has 1 heterocycles. The van der Waals surface area contributed by atoms with E-state index in [9.17, 15) is 14.4 Å². The van der Waals surface area contributed by atoms with Gasteiger partial charge in [0.05, 0.1) is 22.5 Å². The van der Waals surface area contributed by atoms with E-state index in [-0.39, 0.29) is 23.9 Å². The molecule has 1 aliphatic heterocycles. The highest BCUT2D eigenvalue weighted by Gasteiger charge is 2.34. The highest BCUT2D eigenvalue weighted by Crippen LogP contribution is 2.35. The van der Waals surface area contributed by atoms with Gasteiger partial charge in [-0.05, 0) is 96.5 Å². The highest BCUT2D eigenvalue weighted by atomic mass is 127. The van der Waals surface area contributed by atoms with Crippen LogP contribution in [0.5, 0.6) is 11.5 Å². The maximum Gasteiger partial charge on any atom is 0.344 e. The van der Waals surface area contributed by atoms with Gasteiger partial charge in [0.15, 0.2) is 23.2 Å². The van der Waals surface area contributed by atoms with E-state index < -0.39 is 17.8 Å². The third-order valence-electron chi connectivity index (χ3n) is 4.99. The Kier molecular flexibility index (Phi) is 9.21. The minimum absolute atomic E-state index is 0.0219. The molecule has 3 rings (SSSR count). The Balaban J connectivity index is 1.94. The third kappa shape index (κ3) is 6.37. The van der Waals surface area contributed by atoms with Crippen molar-refractivity contribution < 1.29 is 28.6 Å². The zero-order chi connectivity index (χ0) is 25.5. The lowest BCUT2D eigenvalue weighted by Crippen LogP contribution is -2.54.